The van der Waals surface area contributed by atoms with Gasteiger partial charge in [-0.3, -0.25) is 0 Å². The molecule has 4 aromatic rings. The summed E-state index contributed by atoms with van der Waals surface area (Å²) in [5.74, 6) is 2.45. The van der Waals surface area contributed by atoms with E-state index in [-0.39, 0.29) is 6.10 Å². The number of aromatic nitrogens is 3. The van der Waals surface area contributed by atoms with Gasteiger partial charge in [0.2, 0.25) is 5.95 Å². The summed E-state index contributed by atoms with van der Waals surface area (Å²) in [6, 6.07) is 21.4. The molecule has 1 aliphatic rings. The van der Waals surface area contributed by atoms with Gasteiger partial charge >= 0.3 is 0 Å². The van der Waals surface area contributed by atoms with E-state index in [0.717, 1.165) is 42.8 Å². The average Bonchev–Trinajstić information content (AvgIpc) is 3.25. The molecule has 2 heterocycles. The Morgan fingerprint density at radius 1 is 0.968 bits per heavy atom. The SMILES string of the molecule is OC1CCC(Nc2nccc(-n3ccc4c(SCc5ccccc5)cccc43)n2)CC1. The molecule has 6 heteroatoms. The third-order valence-electron chi connectivity index (χ3n) is 5.85. The molecule has 0 saturated heterocycles. The zero-order chi connectivity index (χ0) is 21.0. The van der Waals surface area contributed by atoms with Crippen LogP contribution in [0.4, 0.5) is 5.95 Å². The van der Waals surface area contributed by atoms with Crippen molar-refractivity contribution in [2.45, 2.75) is 48.5 Å². The fourth-order valence-corrected chi connectivity index (χ4v) is 5.17. The molecule has 2 aromatic carbocycles. The molecule has 0 radical (unpaired) electrons. The minimum absolute atomic E-state index is 0.162. The van der Waals surface area contributed by atoms with Gasteiger partial charge < -0.3 is 15.0 Å². The van der Waals surface area contributed by atoms with E-state index in [1.54, 1.807) is 0 Å². The number of hydrogen-bond acceptors (Lipinski definition) is 5. The lowest BCUT2D eigenvalue weighted by Crippen LogP contribution is -2.29. The van der Waals surface area contributed by atoms with E-state index in [2.05, 4.69) is 75.7 Å². The zero-order valence-corrected chi connectivity index (χ0v) is 18.1. The fraction of sp³-hybridized carbons (Fsp3) is 0.280. The van der Waals surface area contributed by atoms with Crippen LogP contribution in [0.1, 0.15) is 31.2 Å². The van der Waals surface area contributed by atoms with Crippen LogP contribution < -0.4 is 5.32 Å². The Kier molecular flexibility index (Phi) is 5.91. The first kappa shape index (κ1) is 20.1. The van der Waals surface area contributed by atoms with E-state index in [1.165, 1.54) is 15.8 Å². The number of nitrogens with zero attached hydrogens (tertiary/aromatic N) is 3. The van der Waals surface area contributed by atoms with Crippen LogP contribution in [0.25, 0.3) is 16.7 Å². The summed E-state index contributed by atoms with van der Waals surface area (Å²) < 4.78 is 2.12. The van der Waals surface area contributed by atoms with Gasteiger partial charge in [0, 0.05) is 34.5 Å². The molecular formula is C25H26N4OS. The van der Waals surface area contributed by atoms with Crippen LogP contribution in [-0.4, -0.2) is 31.8 Å². The van der Waals surface area contributed by atoms with Crippen LogP contribution in [0, 0.1) is 0 Å². The fourth-order valence-electron chi connectivity index (χ4n) is 4.16. The monoisotopic (exact) mass is 430 g/mol. The number of nitrogens with one attached hydrogen (secondary N) is 1. The van der Waals surface area contributed by atoms with E-state index < -0.39 is 0 Å². The standard InChI is InChI=1S/C25H26N4OS/c30-20-11-9-19(10-12-20)27-25-26-15-13-24(28-25)29-16-14-21-22(29)7-4-8-23(21)31-17-18-5-2-1-3-6-18/h1-8,13-16,19-20,30H,9-12,17H2,(H,26,27,28). The lowest BCUT2D eigenvalue weighted by Gasteiger charge is -2.26. The molecule has 5 nitrogen and oxygen atoms in total. The minimum Gasteiger partial charge on any atom is -0.393 e. The van der Waals surface area contributed by atoms with Crippen molar-refractivity contribution >= 4 is 28.6 Å². The molecule has 5 rings (SSSR count). The number of anilines is 1. The summed E-state index contributed by atoms with van der Waals surface area (Å²) >= 11 is 1.86. The van der Waals surface area contributed by atoms with E-state index in [0.29, 0.717) is 12.0 Å². The highest BCUT2D eigenvalue weighted by Gasteiger charge is 2.20. The van der Waals surface area contributed by atoms with Crippen LogP contribution in [0.5, 0.6) is 0 Å². The van der Waals surface area contributed by atoms with Gasteiger partial charge in [-0.25, -0.2) is 4.98 Å². The van der Waals surface area contributed by atoms with Crippen LogP contribution in [0.2, 0.25) is 0 Å². The molecular weight excluding hydrogens is 404 g/mol. The lowest BCUT2D eigenvalue weighted by atomic mass is 9.93. The minimum atomic E-state index is -0.162. The largest absolute Gasteiger partial charge is 0.393 e. The second kappa shape index (κ2) is 9.12. The van der Waals surface area contributed by atoms with Gasteiger partial charge in [0.1, 0.15) is 5.82 Å². The number of rotatable bonds is 6. The van der Waals surface area contributed by atoms with Gasteiger partial charge in [0.05, 0.1) is 11.6 Å². The van der Waals surface area contributed by atoms with E-state index >= 15 is 0 Å². The van der Waals surface area contributed by atoms with Crippen molar-refractivity contribution in [3.8, 4) is 5.82 Å². The summed E-state index contributed by atoms with van der Waals surface area (Å²) in [7, 11) is 0. The average molecular weight is 431 g/mol. The van der Waals surface area contributed by atoms with Crippen LogP contribution >= 0.6 is 11.8 Å². The van der Waals surface area contributed by atoms with Crippen molar-refractivity contribution in [1.29, 1.82) is 0 Å². The second-order valence-corrected chi connectivity index (χ2v) is 9.05. The maximum Gasteiger partial charge on any atom is 0.224 e. The topological polar surface area (TPSA) is 63.0 Å². The Morgan fingerprint density at radius 2 is 1.81 bits per heavy atom. The molecule has 0 aliphatic heterocycles. The Balaban J connectivity index is 1.37. The molecule has 1 saturated carbocycles. The van der Waals surface area contributed by atoms with Crippen LogP contribution in [-0.2, 0) is 5.75 Å². The molecule has 0 amide bonds. The third-order valence-corrected chi connectivity index (χ3v) is 6.99. The van der Waals surface area contributed by atoms with Crippen molar-refractivity contribution in [2.24, 2.45) is 0 Å². The van der Waals surface area contributed by atoms with E-state index in [1.807, 2.05) is 24.0 Å². The first-order valence-corrected chi connectivity index (χ1v) is 11.8. The van der Waals surface area contributed by atoms with E-state index in [9.17, 15) is 5.11 Å². The highest BCUT2D eigenvalue weighted by atomic mass is 32.2. The Hall–Kier alpha value is -2.83. The van der Waals surface area contributed by atoms with Crippen molar-refractivity contribution < 1.29 is 5.11 Å². The van der Waals surface area contributed by atoms with Crippen molar-refractivity contribution in [3.63, 3.8) is 0 Å². The van der Waals surface area contributed by atoms with Crippen molar-refractivity contribution in [1.82, 2.24) is 14.5 Å². The Labute approximate surface area is 186 Å². The summed E-state index contributed by atoms with van der Waals surface area (Å²) in [5, 5.41) is 14.4. The van der Waals surface area contributed by atoms with Gasteiger partial charge in [-0.1, -0.05) is 36.4 Å². The summed E-state index contributed by atoms with van der Waals surface area (Å²) in [4.78, 5) is 10.5. The van der Waals surface area contributed by atoms with Gasteiger partial charge in [0.15, 0.2) is 0 Å². The molecule has 0 atom stereocenters. The van der Waals surface area contributed by atoms with Gasteiger partial charge in [-0.15, -0.1) is 11.8 Å². The number of aliphatic hydroxyl groups is 1. The summed E-state index contributed by atoms with van der Waals surface area (Å²) in [6.45, 7) is 0. The number of aliphatic hydroxyl groups excluding tert-OH is 1. The van der Waals surface area contributed by atoms with Crippen molar-refractivity contribution in [3.05, 3.63) is 78.6 Å². The lowest BCUT2D eigenvalue weighted by molar-refractivity contribution is 0.126. The first-order valence-electron chi connectivity index (χ1n) is 10.8. The second-order valence-electron chi connectivity index (χ2n) is 8.04. The number of hydrogen-bond donors (Lipinski definition) is 2. The number of thioether (sulfide) groups is 1. The quantitative estimate of drug-likeness (QED) is 0.400. The van der Waals surface area contributed by atoms with E-state index in [4.69, 9.17) is 4.98 Å². The highest BCUT2D eigenvalue weighted by molar-refractivity contribution is 7.98. The summed E-state index contributed by atoms with van der Waals surface area (Å²) in [6.07, 6.45) is 7.30. The molecule has 158 valence electrons. The maximum absolute atomic E-state index is 9.72. The van der Waals surface area contributed by atoms with Crippen molar-refractivity contribution in [2.75, 3.05) is 5.32 Å². The van der Waals surface area contributed by atoms with Gasteiger partial charge in [0.25, 0.3) is 0 Å². The van der Waals surface area contributed by atoms with Crippen LogP contribution in [0.15, 0.2) is 78.0 Å². The number of benzene rings is 2. The highest BCUT2D eigenvalue weighted by Crippen LogP contribution is 2.32. The Bertz CT molecular complexity index is 1150. The predicted molar refractivity (Wildman–Crippen MR) is 127 cm³/mol. The molecule has 2 aromatic heterocycles. The molecule has 0 unspecified atom stereocenters. The van der Waals surface area contributed by atoms with Gasteiger partial charge in [-0.05, 0) is 55.5 Å². The van der Waals surface area contributed by atoms with Crippen LogP contribution in [0.3, 0.4) is 0 Å². The van der Waals surface area contributed by atoms with Gasteiger partial charge in [-0.2, -0.15) is 4.98 Å². The molecule has 1 aliphatic carbocycles. The molecule has 2 N–H and O–H groups in total. The smallest absolute Gasteiger partial charge is 0.224 e. The maximum atomic E-state index is 9.72. The molecule has 1 fully saturated rings. The Morgan fingerprint density at radius 3 is 2.65 bits per heavy atom. The molecule has 0 spiro atoms. The molecule has 0 bridgehead atoms. The predicted octanol–water partition coefficient (Wildman–Crippen LogP) is 5.43. The normalized spacial score (nSPS) is 18.9. The zero-order valence-electron chi connectivity index (χ0n) is 17.3. The third kappa shape index (κ3) is 4.60. The number of fused-ring (bicyclic) bond motifs is 1. The molecule has 31 heavy (non-hydrogen) atoms. The first-order chi connectivity index (χ1) is 15.3. The summed E-state index contributed by atoms with van der Waals surface area (Å²) in [5.41, 5.74) is 2.47.